The van der Waals surface area contributed by atoms with Crippen LogP contribution in [-0.2, 0) is 11.2 Å². The van der Waals surface area contributed by atoms with Crippen LogP contribution in [-0.4, -0.2) is 84.6 Å². The molecule has 0 bridgehead atoms. The number of amides is 5. The average molecular weight is 570 g/mol. The fourth-order valence-electron chi connectivity index (χ4n) is 4.70. The first-order valence-electron chi connectivity index (χ1n) is 13.7. The van der Waals surface area contributed by atoms with Crippen molar-refractivity contribution in [2.45, 2.75) is 52.3 Å². The number of nitrogens with zero attached hydrogens (tertiary/aromatic N) is 2. The molecule has 0 aliphatic carbocycles. The number of hydrogen-bond donors (Lipinski definition) is 4. The van der Waals surface area contributed by atoms with Crippen LogP contribution in [0.1, 0.15) is 33.3 Å². The molecule has 2 heterocycles. The monoisotopic (exact) mass is 569 g/mol. The van der Waals surface area contributed by atoms with Gasteiger partial charge in [-0.25, -0.2) is 9.59 Å². The number of rotatable bonds is 7. The van der Waals surface area contributed by atoms with Crippen LogP contribution < -0.4 is 30.2 Å². The lowest BCUT2D eigenvalue weighted by atomic mass is 10.0. The van der Waals surface area contributed by atoms with Crippen LogP contribution >= 0.6 is 0 Å². The van der Waals surface area contributed by atoms with E-state index >= 15 is 0 Å². The van der Waals surface area contributed by atoms with E-state index in [1.807, 2.05) is 20.8 Å². The van der Waals surface area contributed by atoms with Gasteiger partial charge in [-0.05, 0) is 51.1 Å². The molecular formula is C29H39N5O7. The molecule has 0 radical (unpaired) electrons. The summed E-state index contributed by atoms with van der Waals surface area (Å²) in [5.74, 6) is 1.33. The number of benzene rings is 2. The van der Waals surface area contributed by atoms with E-state index < -0.39 is 12.1 Å². The molecule has 2 aliphatic rings. The summed E-state index contributed by atoms with van der Waals surface area (Å²) in [6.45, 7) is 7.98. The van der Waals surface area contributed by atoms with Gasteiger partial charge in [-0.1, -0.05) is 6.92 Å². The fourth-order valence-corrected chi connectivity index (χ4v) is 4.70. The SMILES string of the molecule is CC(C)NC(=O)Nc1ccc2c(c1)CC(=O)N([C@H](C)CO)C[C@H](C)[C@H](CN(C)C(=O)Nc1ccc3c(c1)OCO3)O2. The van der Waals surface area contributed by atoms with Crippen molar-refractivity contribution in [2.75, 3.05) is 44.2 Å². The van der Waals surface area contributed by atoms with E-state index in [2.05, 4.69) is 16.0 Å². The number of aliphatic hydroxyl groups excluding tert-OH is 1. The summed E-state index contributed by atoms with van der Waals surface area (Å²) in [6.07, 6.45) is -0.454. The summed E-state index contributed by atoms with van der Waals surface area (Å²) in [5, 5.41) is 18.3. The highest BCUT2D eigenvalue weighted by Gasteiger charge is 2.32. The molecule has 2 aromatic carbocycles. The minimum absolute atomic E-state index is 0.0286. The molecule has 2 aromatic rings. The third kappa shape index (κ3) is 7.51. The lowest BCUT2D eigenvalue weighted by Gasteiger charge is -2.34. The molecule has 222 valence electrons. The Morgan fingerprint density at radius 2 is 1.73 bits per heavy atom. The zero-order chi connectivity index (χ0) is 29.7. The van der Waals surface area contributed by atoms with Gasteiger partial charge in [0.1, 0.15) is 11.9 Å². The van der Waals surface area contributed by atoms with Crippen LogP contribution in [0.4, 0.5) is 21.0 Å². The molecule has 41 heavy (non-hydrogen) atoms. The number of carbonyl (C=O) groups excluding carboxylic acids is 3. The van der Waals surface area contributed by atoms with Crippen LogP contribution in [0.2, 0.25) is 0 Å². The number of urea groups is 2. The van der Waals surface area contributed by atoms with E-state index in [0.29, 0.717) is 40.7 Å². The standard InChI is InChI=1S/C29H39N5O7/c1-17(2)30-28(37)31-21-6-8-23-20(10-21)11-27(36)34(19(4)15-35)13-18(3)26(41-23)14-33(5)29(38)32-22-7-9-24-25(12-22)40-16-39-24/h6-10,12,17-19,26,35H,11,13-16H2,1-5H3,(H,32,38)(H2,30,31,37)/t18-,19+,26-/m0/s1. The summed E-state index contributed by atoms with van der Waals surface area (Å²) in [4.78, 5) is 41.9. The highest BCUT2D eigenvalue weighted by atomic mass is 16.7. The Bertz CT molecular complexity index is 1270. The first kappa shape index (κ1) is 29.8. The van der Waals surface area contributed by atoms with Gasteiger partial charge in [-0.15, -0.1) is 0 Å². The Balaban J connectivity index is 1.55. The maximum absolute atomic E-state index is 13.4. The molecule has 4 N–H and O–H groups in total. The number of carbonyl (C=O) groups is 3. The van der Waals surface area contributed by atoms with E-state index in [4.69, 9.17) is 14.2 Å². The molecule has 3 atom stereocenters. The van der Waals surface area contributed by atoms with Crippen molar-refractivity contribution in [3.05, 3.63) is 42.0 Å². The number of nitrogens with one attached hydrogen (secondary N) is 3. The van der Waals surface area contributed by atoms with Gasteiger partial charge in [-0.2, -0.15) is 0 Å². The van der Waals surface area contributed by atoms with Gasteiger partial charge >= 0.3 is 12.1 Å². The summed E-state index contributed by atoms with van der Waals surface area (Å²) in [7, 11) is 1.67. The molecule has 5 amide bonds. The van der Waals surface area contributed by atoms with E-state index in [1.54, 1.807) is 55.3 Å². The summed E-state index contributed by atoms with van der Waals surface area (Å²) in [5.41, 5.74) is 1.68. The molecule has 0 aromatic heterocycles. The number of hydrogen-bond acceptors (Lipinski definition) is 7. The quantitative estimate of drug-likeness (QED) is 0.401. The first-order valence-corrected chi connectivity index (χ1v) is 13.7. The van der Waals surface area contributed by atoms with Gasteiger partial charge in [0.2, 0.25) is 12.7 Å². The topological polar surface area (TPSA) is 142 Å². The zero-order valence-corrected chi connectivity index (χ0v) is 24.1. The normalized spacial score (nSPS) is 18.8. The fraction of sp³-hybridized carbons (Fsp3) is 0.483. The molecule has 0 fully saturated rings. The largest absolute Gasteiger partial charge is 0.488 e. The Morgan fingerprint density at radius 3 is 2.44 bits per heavy atom. The number of ether oxygens (including phenoxy) is 3. The second-order valence-corrected chi connectivity index (χ2v) is 10.8. The van der Waals surface area contributed by atoms with Crippen LogP contribution in [0, 0.1) is 5.92 Å². The second kappa shape index (κ2) is 13.0. The van der Waals surface area contributed by atoms with Crippen LogP contribution in [0.25, 0.3) is 0 Å². The predicted molar refractivity (Wildman–Crippen MR) is 153 cm³/mol. The van der Waals surface area contributed by atoms with Gasteiger partial charge in [0, 0.05) is 48.6 Å². The van der Waals surface area contributed by atoms with E-state index in [9.17, 15) is 19.5 Å². The Hall–Kier alpha value is -4.19. The van der Waals surface area contributed by atoms with Crippen LogP contribution in [0.5, 0.6) is 17.2 Å². The van der Waals surface area contributed by atoms with Crippen LogP contribution in [0.3, 0.4) is 0 Å². The highest BCUT2D eigenvalue weighted by Crippen LogP contribution is 2.34. The summed E-state index contributed by atoms with van der Waals surface area (Å²) in [6, 6.07) is 9.20. The number of aliphatic hydroxyl groups is 1. The average Bonchev–Trinajstić information content (AvgIpc) is 3.40. The molecule has 12 heteroatoms. The Kier molecular flexibility index (Phi) is 9.43. The third-order valence-electron chi connectivity index (χ3n) is 7.02. The molecule has 0 spiro atoms. The summed E-state index contributed by atoms with van der Waals surface area (Å²) >= 11 is 0. The van der Waals surface area contributed by atoms with Gasteiger partial charge in [0.05, 0.1) is 25.6 Å². The molecule has 0 unspecified atom stereocenters. The van der Waals surface area contributed by atoms with E-state index in [-0.39, 0.29) is 56.3 Å². The van der Waals surface area contributed by atoms with Crippen molar-refractivity contribution in [1.29, 1.82) is 0 Å². The molecule has 2 aliphatic heterocycles. The smallest absolute Gasteiger partial charge is 0.321 e. The van der Waals surface area contributed by atoms with Crippen molar-refractivity contribution in [3.63, 3.8) is 0 Å². The van der Waals surface area contributed by atoms with Crippen molar-refractivity contribution in [1.82, 2.24) is 15.1 Å². The highest BCUT2D eigenvalue weighted by molar-refractivity contribution is 5.90. The maximum Gasteiger partial charge on any atom is 0.321 e. The lowest BCUT2D eigenvalue weighted by molar-refractivity contribution is -0.134. The second-order valence-electron chi connectivity index (χ2n) is 10.8. The van der Waals surface area contributed by atoms with Gasteiger partial charge in [0.15, 0.2) is 11.5 Å². The van der Waals surface area contributed by atoms with Gasteiger partial charge < -0.3 is 45.1 Å². The van der Waals surface area contributed by atoms with Crippen molar-refractivity contribution >= 4 is 29.3 Å². The molecule has 4 rings (SSSR count). The Labute approximate surface area is 239 Å². The minimum atomic E-state index is -0.483. The maximum atomic E-state index is 13.4. The van der Waals surface area contributed by atoms with Gasteiger partial charge in [0.25, 0.3) is 0 Å². The molecular weight excluding hydrogens is 530 g/mol. The van der Waals surface area contributed by atoms with Gasteiger partial charge in [-0.3, -0.25) is 4.79 Å². The van der Waals surface area contributed by atoms with Crippen molar-refractivity contribution in [3.8, 4) is 17.2 Å². The number of fused-ring (bicyclic) bond motifs is 2. The van der Waals surface area contributed by atoms with E-state index in [0.717, 1.165) is 0 Å². The minimum Gasteiger partial charge on any atom is -0.488 e. The molecule has 12 nitrogen and oxygen atoms in total. The van der Waals surface area contributed by atoms with Crippen LogP contribution in [0.15, 0.2) is 36.4 Å². The number of anilines is 2. The van der Waals surface area contributed by atoms with Crippen molar-refractivity contribution in [2.24, 2.45) is 5.92 Å². The van der Waals surface area contributed by atoms with Crippen molar-refractivity contribution < 1.29 is 33.7 Å². The number of likely N-dealkylation sites (N-methyl/N-ethyl adjacent to an activating group) is 1. The zero-order valence-electron chi connectivity index (χ0n) is 24.1. The molecule has 0 saturated carbocycles. The Morgan fingerprint density at radius 1 is 1.05 bits per heavy atom. The predicted octanol–water partition coefficient (Wildman–Crippen LogP) is 3.26. The lowest BCUT2D eigenvalue weighted by Crippen LogP contribution is -2.48. The third-order valence-corrected chi connectivity index (χ3v) is 7.02. The molecule has 0 saturated heterocycles. The van der Waals surface area contributed by atoms with E-state index in [1.165, 1.54) is 4.90 Å². The first-order chi connectivity index (χ1) is 19.5. The summed E-state index contributed by atoms with van der Waals surface area (Å²) < 4.78 is 17.2.